The van der Waals surface area contributed by atoms with Crippen molar-refractivity contribution in [3.63, 3.8) is 0 Å². The summed E-state index contributed by atoms with van der Waals surface area (Å²) < 4.78 is 1.01. The standard InChI is InChI=1S/C15H17BrN2S/c1-11-3-5-12(6-4-11)14(17-2)10-19-15-8-7-13(16)9-18-15/h3-9,14,17H,10H2,1-2H3. The van der Waals surface area contributed by atoms with Gasteiger partial charge in [0.05, 0.1) is 5.03 Å². The number of thioether (sulfide) groups is 1. The second-order valence-electron chi connectivity index (χ2n) is 4.38. The Bertz CT molecular complexity index is 511. The lowest BCUT2D eigenvalue weighted by atomic mass is 10.1. The quantitative estimate of drug-likeness (QED) is 0.828. The van der Waals surface area contributed by atoms with E-state index in [0.29, 0.717) is 6.04 Å². The zero-order valence-corrected chi connectivity index (χ0v) is 13.5. The Balaban J connectivity index is 1.99. The predicted molar refractivity (Wildman–Crippen MR) is 85.6 cm³/mol. The van der Waals surface area contributed by atoms with Crippen LogP contribution in [0, 0.1) is 6.92 Å². The van der Waals surface area contributed by atoms with Crippen LogP contribution >= 0.6 is 27.7 Å². The monoisotopic (exact) mass is 336 g/mol. The molecule has 1 aromatic carbocycles. The van der Waals surface area contributed by atoms with Crippen molar-refractivity contribution in [2.75, 3.05) is 12.8 Å². The second-order valence-corrected chi connectivity index (χ2v) is 6.33. The van der Waals surface area contributed by atoms with Gasteiger partial charge in [0.25, 0.3) is 0 Å². The van der Waals surface area contributed by atoms with Crippen molar-refractivity contribution in [2.24, 2.45) is 0 Å². The highest BCUT2D eigenvalue weighted by Crippen LogP contribution is 2.24. The van der Waals surface area contributed by atoms with Gasteiger partial charge in [0.15, 0.2) is 0 Å². The summed E-state index contributed by atoms with van der Waals surface area (Å²) in [5, 5.41) is 4.41. The number of aromatic nitrogens is 1. The fourth-order valence-electron chi connectivity index (χ4n) is 1.76. The summed E-state index contributed by atoms with van der Waals surface area (Å²) in [5.41, 5.74) is 2.61. The van der Waals surface area contributed by atoms with E-state index in [0.717, 1.165) is 15.3 Å². The number of aryl methyl sites for hydroxylation is 1. The van der Waals surface area contributed by atoms with E-state index in [1.807, 2.05) is 25.4 Å². The fraction of sp³-hybridized carbons (Fsp3) is 0.267. The Morgan fingerprint density at radius 1 is 1.21 bits per heavy atom. The molecule has 0 radical (unpaired) electrons. The van der Waals surface area contributed by atoms with Crippen LogP contribution in [0.3, 0.4) is 0 Å². The van der Waals surface area contributed by atoms with E-state index in [1.54, 1.807) is 11.8 Å². The highest BCUT2D eigenvalue weighted by molar-refractivity contribution is 9.10. The minimum atomic E-state index is 0.344. The van der Waals surface area contributed by atoms with Crippen LogP contribution in [0.2, 0.25) is 0 Å². The second kappa shape index (κ2) is 7.08. The van der Waals surface area contributed by atoms with Gasteiger partial charge < -0.3 is 5.32 Å². The molecule has 2 aromatic rings. The predicted octanol–water partition coefficient (Wildman–Crippen LogP) is 4.21. The lowest BCUT2D eigenvalue weighted by molar-refractivity contribution is 0.661. The highest BCUT2D eigenvalue weighted by Gasteiger charge is 2.09. The van der Waals surface area contributed by atoms with Crippen LogP contribution in [-0.4, -0.2) is 17.8 Å². The zero-order valence-electron chi connectivity index (χ0n) is 11.1. The molecule has 1 aromatic heterocycles. The van der Waals surface area contributed by atoms with Crippen LogP contribution < -0.4 is 5.32 Å². The summed E-state index contributed by atoms with van der Waals surface area (Å²) in [6.45, 7) is 2.11. The molecule has 0 amide bonds. The van der Waals surface area contributed by atoms with E-state index < -0.39 is 0 Å². The minimum Gasteiger partial charge on any atom is -0.312 e. The Morgan fingerprint density at radius 3 is 2.53 bits per heavy atom. The largest absolute Gasteiger partial charge is 0.312 e. The molecule has 2 nitrogen and oxygen atoms in total. The molecule has 0 bridgehead atoms. The molecule has 1 atom stereocenters. The number of hydrogen-bond donors (Lipinski definition) is 1. The van der Waals surface area contributed by atoms with E-state index in [4.69, 9.17) is 0 Å². The van der Waals surface area contributed by atoms with Gasteiger partial charge in [-0.15, -0.1) is 11.8 Å². The summed E-state index contributed by atoms with van der Waals surface area (Å²) >= 11 is 5.16. The number of hydrogen-bond acceptors (Lipinski definition) is 3. The number of nitrogens with one attached hydrogen (secondary N) is 1. The lowest BCUT2D eigenvalue weighted by Gasteiger charge is -2.16. The smallest absolute Gasteiger partial charge is 0.0961 e. The molecular weight excluding hydrogens is 320 g/mol. The van der Waals surface area contributed by atoms with Crippen molar-refractivity contribution in [3.05, 3.63) is 58.2 Å². The maximum atomic E-state index is 4.38. The highest BCUT2D eigenvalue weighted by atomic mass is 79.9. The molecule has 1 unspecified atom stereocenters. The van der Waals surface area contributed by atoms with E-state index >= 15 is 0 Å². The van der Waals surface area contributed by atoms with Gasteiger partial charge >= 0.3 is 0 Å². The van der Waals surface area contributed by atoms with Crippen LogP contribution in [-0.2, 0) is 0 Å². The first-order chi connectivity index (χ1) is 9.19. The first-order valence-electron chi connectivity index (χ1n) is 6.17. The zero-order chi connectivity index (χ0) is 13.7. The molecule has 0 fully saturated rings. The topological polar surface area (TPSA) is 24.9 Å². The minimum absolute atomic E-state index is 0.344. The molecular formula is C15H17BrN2S. The number of benzene rings is 1. The van der Waals surface area contributed by atoms with Crippen LogP contribution in [0.15, 0.2) is 52.1 Å². The van der Waals surface area contributed by atoms with E-state index in [1.165, 1.54) is 11.1 Å². The molecule has 4 heteroatoms. The van der Waals surface area contributed by atoms with Crippen molar-refractivity contribution in [1.82, 2.24) is 10.3 Å². The van der Waals surface area contributed by atoms with Crippen molar-refractivity contribution in [1.29, 1.82) is 0 Å². The molecule has 0 spiro atoms. The third kappa shape index (κ3) is 4.34. The first-order valence-corrected chi connectivity index (χ1v) is 7.95. The molecule has 0 aliphatic rings. The average Bonchev–Trinajstić information content (AvgIpc) is 2.43. The van der Waals surface area contributed by atoms with Crippen molar-refractivity contribution in [2.45, 2.75) is 18.0 Å². The van der Waals surface area contributed by atoms with Gasteiger partial charge in [0.2, 0.25) is 0 Å². The molecule has 1 heterocycles. The SMILES string of the molecule is CNC(CSc1ccc(Br)cn1)c1ccc(C)cc1. The third-order valence-corrected chi connectivity index (χ3v) is 4.43. The van der Waals surface area contributed by atoms with Crippen molar-refractivity contribution >= 4 is 27.7 Å². The molecule has 0 aliphatic heterocycles. The van der Waals surface area contributed by atoms with Crippen LogP contribution in [0.4, 0.5) is 0 Å². The summed E-state index contributed by atoms with van der Waals surface area (Å²) in [5.74, 6) is 0.966. The Kier molecular flexibility index (Phi) is 5.43. The molecule has 0 aliphatic carbocycles. The Morgan fingerprint density at radius 2 is 1.95 bits per heavy atom. The first kappa shape index (κ1) is 14.6. The summed E-state index contributed by atoms with van der Waals surface area (Å²) in [6, 6.07) is 13.1. The number of nitrogens with zero attached hydrogens (tertiary/aromatic N) is 1. The van der Waals surface area contributed by atoms with Gasteiger partial charge in [-0.25, -0.2) is 4.98 Å². The van der Waals surface area contributed by atoms with E-state index in [9.17, 15) is 0 Å². The van der Waals surface area contributed by atoms with Crippen molar-refractivity contribution < 1.29 is 0 Å². The molecule has 1 N–H and O–H groups in total. The van der Waals surface area contributed by atoms with Gasteiger partial charge in [-0.05, 0) is 47.6 Å². The van der Waals surface area contributed by atoms with E-state index in [-0.39, 0.29) is 0 Å². The summed E-state index contributed by atoms with van der Waals surface area (Å²) in [4.78, 5) is 4.38. The Labute approximate surface area is 127 Å². The fourth-order valence-corrected chi connectivity index (χ4v) is 2.98. The third-order valence-electron chi connectivity index (χ3n) is 2.93. The number of pyridine rings is 1. The van der Waals surface area contributed by atoms with Gasteiger partial charge in [-0.3, -0.25) is 0 Å². The van der Waals surface area contributed by atoms with Crippen LogP contribution in [0.5, 0.6) is 0 Å². The molecule has 0 saturated carbocycles. The van der Waals surface area contributed by atoms with Crippen LogP contribution in [0.1, 0.15) is 17.2 Å². The van der Waals surface area contributed by atoms with Gasteiger partial charge in [0.1, 0.15) is 0 Å². The lowest BCUT2D eigenvalue weighted by Crippen LogP contribution is -2.18. The summed E-state index contributed by atoms with van der Waals surface area (Å²) in [7, 11) is 2.00. The maximum Gasteiger partial charge on any atom is 0.0961 e. The van der Waals surface area contributed by atoms with Gasteiger partial charge in [0, 0.05) is 22.5 Å². The van der Waals surface area contributed by atoms with Gasteiger partial charge in [-0.2, -0.15) is 0 Å². The molecule has 100 valence electrons. The maximum absolute atomic E-state index is 4.38. The molecule has 2 rings (SSSR count). The van der Waals surface area contributed by atoms with Gasteiger partial charge in [-0.1, -0.05) is 29.8 Å². The number of rotatable bonds is 5. The molecule has 0 saturated heterocycles. The normalized spacial score (nSPS) is 12.4. The van der Waals surface area contributed by atoms with Crippen molar-refractivity contribution in [3.8, 4) is 0 Å². The Hall–Kier alpha value is -0.840. The number of halogens is 1. The van der Waals surface area contributed by atoms with Crippen LogP contribution in [0.25, 0.3) is 0 Å². The van der Waals surface area contributed by atoms with E-state index in [2.05, 4.69) is 57.4 Å². The average molecular weight is 337 g/mol. The molecule has 19 heavy (non-hydrogen) atoms. The summed E-state index contributed by atoms with van der Waals surface area (Å²) in [6.07, 6.45) is 1.84.